The van der Waals surface area contributed by atoms with E-state index in [-0.39, 0.29) is 5.82 Å². The minimum absolute atomic E-state index is 0.289. The van der Waals surface area contributed by atoms with Gasteiger partial charge in [-0.3, -0.25) is 4.79 Å². The molecule has 0 amide bonds. The lowest BCUT2D eigenvalue weighted by Gasteiger charge is -1.99. The van der Waals surface area contributed by atoms with Crippen molar-refractivity contribution in [2.24, 2.45) is 0 Å². The molecule has 0 radical (unpaired) electrons. The van der Waals surface area contributed by atoms with Gasteiger partial charge in [-0.05, 0) is 42.0 Å². The van der Waals surface area contributed by atoms with Crippen LogP contribution in [-0.4, -0.2) is 26.9 Å². The zero-order chi connectivity index (χ0) is 18.0. The van der Waals surface area contributed by atoms with E-state index in [1.165, 1.54) is 12.1 Å². The van der Waals surface area contributed by atoms with E-state index in [0.717, 1.165) is 22.2 Å². The normalized spacial score (nSPS) is 11.6. The molecule has 1 heterocycles. The summed E-state index contributed by atoms with van der Waals surface area (Å²) in [7, 11) is 0. The summed E-state index contributed by atoms with van der Waals surface area (Å²) in [6.45, 7) is 0. The summed E-state index contributed by atoms with van der Waals surface area (Å²) in [5, 5.41) is 19.3. The number of aliphatic carboxylic acids is 1. The van der Waals surface area contributed by atoms with Crippen molar-refractivity contribution in [1.82, 2.24) is 4.98 Å². The monoisotopic (exact) mass is 339 g/mol. The minimum Gasteiger partial charge on any atom is -0.507 e. The zero-order valence-corrected chi connectivity index (χ0v) is 13.0. The molecule has 0 unspecified atom stereocenters. The van der Waals surface area contributed by atoms with Crippen molar-refractivity contribution >= 4 is 28.4 Å². The quantitative estimate of drug-likeness (QED) is 0.377. The number of carboxylic acids is 1. The Bertz CT molecular complexity index is 986. The van der Waals surface area contributed by atoms with Crippen LogP contribution >= 0.6 is 0 Å². The number of aliphatic hydroxyl groups excluding tert-OH is 1. The lowest BCUT2D eigenvalue weighted by molar-refractivity contribution is -0.146. The van der Waals surface area contributed by atoms with Crippen molar-refractivity contribution in [2.75, 3.05) is 0 Å². The number of ketones is 1. The van der Waals surface area contributed by atoms with Gasteiger partial charge in [-0.25, -0.2) is 9.18 Å². The predicted octanol–water partition coefficient (Wildman–Crippen LogP) is 3.45. The number of aromatic amines is 1. The van der Waals surface area contributed by atoms with E-state index < -0.39 is 17.5 Å². The van der Waals surface area contributed by atoms with Crippen LogP contribution in [0, 0.1) is 5.82 Å². The Labute approximate surface area is 142 Å². The summed E-state index contributed by atoms with van der Waals surface area (Å²) in [6.07, 6.45) is 1.26. The number of carbonyl (C=O) groups is 2. The molecule has 126 valence electrons. The molecule has 6 heteroatoms. The molecule has 0 aliphatic heterocycles. The highest BCUT2D eigenvalue weighted by Crippen LogP contribution is 2.22. The molecular formula is C19H14FNO4. The van der Waals surface area contributed by atoms with E-state index in [0.29, 0.717) is 18.1 Å². The number of hydrogen-bond acceptors (Lipinski definition) is 3. The molecule has 0 fully saturated rings. The van der Waals surface area contributed by atoms with Crippen molar-refractivity contribution in [2.45, 2.75) is 6.42 Å². The number of H-pyrrole nitrogens is 1. The second-order valence-corrected chi connectivity index (χ2v) is 5.60. The van der Waals surface area contributed by atoms with Gasteiger partial charge in [-0.15, -0.1) is 0 Å². The number of benzene rings is 2. The first-order valence-corrected chi connectivity index (χ1v) is 7.47. The van der Waals surface area contributed by atoms with Gasteiger partial charge in [0, 0.05) is 34.7 Å². The molecular weight excluding hydrogens is 325 g/mol. The Morgan fingerprint density at radius 2 is 1.76 bits per heavy atom. The largest absolute Gasteiger partial charge is 0.507 e. The number of carbonyl (C=O) groups excluding carboxylic acids is 1. The van der Waals surface area contributed by atoms with Crippen molar-refractivity contribution in [3.8, 4) is 0 Å². The number of carboxylic acid groups (broad SMARTS) is 1. The lowest BCUT2D eigenvalue weighted by atomic mass is 10.1. The number of hydrogen-bond donors (Lipinski definition) is 3. The van der Waals surface area contributed by atoms with Gasteiger partial charge in [0.1, 0.15) is 11.6 Å². The first-order chi connectivity index (χ1) is 11.9. The highest BCUT2D eigenvalue weighted by molar-refractivity contribution is 6.38. The van der Waals surface area contributed by atoms with Crippen LogP contribution in [0.5, 0.6) is 0 Å². The molecule has 0 bridgehead atoms. The maximum absolute atomic E-state index is 13.0. The topological polar surface area (TPSA) is 90.4 Å². The Morgan fingerprint density at radius 1 is 1.04 bits per heavy atom. The lowest BCUT2D eigenvalue weighted by Crippen LogP contribution is -2.09. The number of rotatable bonds is 5. The van der Waals surface area contributed by atoms with E-state index in [1.54, 1.807) is 30.3 Å². The predicted molar refractivity (Wildman–Crippen MR) is 90.8 cm³/mol. The third-order valence-corrected chi connectivity index (χ3v) is 3.76. The number of fused-ring (bicyclic) bond motifs is 1. The van der Waals surface area contributed by atoms with Crippen LogP contribution < -0.4 is 0 Å². The van der Waals surface area contributed by atoms with Gasteiger partial charge in [0.15, 0.2) is 0 Å². The van der Waals surface area contributed by atoms with Crippen LogP contribution in [0.4, 0.5) is 4.39 Å². The molecule has 0 saturated carbocycles. The molecule has 25 heavy (non-hydrogen) atoms. The molecule has 0 saturated heterocycles. The minimum atomic E-state index is -1.63. The number of halogens is 1. The van der Waals surface area contributed by atoms with Crippen molar-refractivity contribution < 1.29 is 24.2 Å². The summed E-state index contributed by atoms with van der Waals surface area (Å²) in [4.78, 5) is 24.9. The average molecular weight is 339 g/mol. The second kappa shape index (κ2) is 6.60. The molecule has 3 rings (SSSR count). The SMILES string of the molecule is O=C(O)C(=O)C=C(O)c1ccc2[nH]c(Cc3ccc(F)cc3)cc2c1. The van der Waals surface area contributed by atoms with Crippen LogP contribution in [-0.2, 0) is 16.0 Å². The van der Waals surface area contributed by atoms with Crippen molar-refractivity contribution in [1.29, 1.82) is 0 Å². The first kappa shape index (κ1) is 16.4. The van der Waals surface area contributed by atoms with Crippen LogP contribution in [0.2, 0.25) is 0 Å². The molecule has 5 nitrogen and oxygen atoms in total. The third kappa shape index (κ3) is 3.74. The van der Waals surface area contributed by atoms with Crippen LogP contribution in [0.1, 0.15) is 16.8 Å². The van der Waals surface area contributed by atoms with Gasteiger partial charge in [0.2, 0.25) is 0 Å². The van der Waals surface area contributed by atoms with Gasteiger partial charge in [-0.1, -0.05) is 12.1 Å². The highest BCUT2D eigenvalue weighted by Gasteiger charge is 2.11. The van der Waals surface area contributed by atoms with E-state index in [2.05, 4.69) is 4.98 Å². The highest BCUT2D eigenvalue weighted by atomic mass is 19.1. The standard InChI is InChI=1S/C19H14FNO4/c20-14-4-1-11(2-5-14)7-15-9-13-8-12(3-6-16(13)21-15)17(22)10-18(23)19(24)25/h1-6,8-10,21-22H,7H2,(H,24,25). The van der Waals surface area contributed by atoms with Gasteiger partial charge in [-0.2, -0.15) is 0 Å². The van der Waals surface area contributed by atoms with Crippen LogP contribution in [0.25, 0.3) is 16.7 Å². The summed E-state index contributed by atoms with van der Waals surface area (Å²) >= 11 is 0. The van der Waals surface area contributed by atoms with Crippen LogP contribution in [0.3, 0.4) is 0 Å². The van der Waals surface area contributed by atoms with E-state index in [1.807, 2.05) is 6.07 Å². The molecule has 2 aromatic carbocycles. The molecule has 0 spiro atoms. The fourth-order valence-corrected chi connectivity index (χ4v) is 2.54. The summed E-state index contributed by atoms with van der Waals surface area (Å²) < 4.78 is 13.0. The molecule has 0 aliphatic carbocycles. The third-order valence-electron chi connectivity index (χ3n) is 3.76. The van der Waals surface area contributed by atoms with Gasteiger partial charge in [0.05, 0.1) is 0 Å². The smallest absolute Gasteiger partial charge is 0.376 e. The summed E-state index contributed by atoms with van der Waals surface area (Å²) in [5.41, 5.74) is 3.03. The van der Waals surface area contributed by atoms with Gasteiger partial charge < -0.3 is 15.2 Å². The Balaban J connectivity index is 1.87. The maximum atomic E-state index is 13.0. The van der Waals surface area contributed by atoms with E-state index in [9.17, 15) is 19.1 Å². The van der Waals surface area contributed by atoms with E-state index in [4.69, 9.17) is 5.11 Å². The molecule has 0 atom stereocenters. The fraction of sp³-hybridized carbons (Fsp3) is 0.0526. The zero-order valence-electron chi connectivity index (χ0n) is 13.0. The Morgan fingerprint density at radius 3 is 2.44 bits per heavy atom. The molecule has 3 aromatic rings. The molecule has 0 aliphatic rings. The second-order valence-electron chi connectivity index (χ2n) is 5.60. The number of aliphatic hydroxyl groups is 1. The summed E-state index contributed by atoms with van der Waals surface area (Å²) in [5.74, 6) is -3.52. The van der Waals surface area contributed by atoms with E-state index >= 15 is 0 Å². The molecule has 1 aromatic heterocycles. The number of nitrogens with one attached hydrogen (secondary N) is 1. The van der Waals surface area contributed by atoms with Crippen LogP contribution in [0.15, 0.2) is 54.6 Å². The van der Waals surface area contributed by atoms with Crippen molar-refractivity contribution in [3.63, 3.8) is 0 Å². The fourth-order valence-electron chi connectivity index (χ4n) is 2.54. The maximum Gasteiger partial charge on any atom is 0.376 e. The molecule has 3 N–H and O–H groups in total. The Kier molecular flexibility index (Phi) is 4.35. The summed E-state index contributed by atoms with van der Waals surface area (Å²) in [6, 6.07) is 13.1. The van der Waals surface area contributed by atoms with Crippen molar-refractivity contribution in [3.05, 3.63) is 77.2 Å². The van der Waals surface area contributed by atoms with Gasteiger partial charge >= 0.3 is 5.97 Å². The number of aromatic nitrogens is 1. The van der Waals surface area contributed by atoms with Gasteiger partial charge in [0.25, 0.3) is 5.78 Å². The average Bonchev–Trinajstić information content (AvgIpc) is 2.98. The first-order valence-electron chi connectivity index (χ1n) is 7.47. The Hall–Kier alpha value is -3.41.